The van der Waals surface area contributed by atoms with Gasteiger partial charge >= 0.3 is 11.9 Å². The molecule has 0 saturated carbocycles. The summed E-state index contributed by atoms with van der Waals surface area (Å²) in [6, 6.07) is 10.2. The lowest BCUT2D eigenvalue weighted by atomic mass is 10.0. The van der Waals surface area contributed by atoms with Crippen LogP contribution < -0.4 is 10.1 Å². The van der Waals surface area contributed by atoms with Gasteiger partial charge in [0.25, 0.3) is 21.8 Å². The van der Waals surface area contributed by atoms with Gasteiger partial charge in [0.1, 0.15) is 16.7 Å². The number of aliphatic carboxylic acids is 2. The number of likely N-dealkylation sites (tertiary alicyclic amines) is 1. The Hall–Kier alpha value is -4.76. The maximum atomic E-state index is 14.2. The molecule has 1 fully saturated rings. The summed E-state index contributed by atoms with van der Waals surface area (Å²) >= 11 is 0. The van der Waals surface area contributed by atoms with E-state index in [-0.39, 0.29) is 36.5 Å². The van der Waals surface area contributed by atoms with Crippen molar-refractivity contribution in [3.8, 4) is 5.75 Å². The van der Waals surface area contributed by atoms with Gasteiger partial charge in [-0.25, -0.2) is 9.78 Å². The normalized spacial score (nSPS) is 17.0. The molecule has 0 bridgehead atoms. The van der Waals surface area contributed by atoms with Gasteiger partial charge in [-0.1, -0.05) is 56.9 Å². The van der Waals surface area contributed by atoms with E-state index in [1.807, 2.05) is 6.92 Å². The van der Waals surface area contributed by atoms with Crippen LogP contribution in [0.5, 0.6) is 5.75 Å². The Morgan fingerprint density at radius 1 is 1.04 bits per heavy atom. The molecular weight excluding hydrogens is 620 g/mol. The summed E-state index contributed by atoms with van der Waals surface area (Å²) in [6.07, 6.45) is 6.59. The Kier molecular flexibility index (Phi) is 10.8. The number of carbonyl (C=O) groups excluding carboxylic acids is 2. The highest BCUT2D eigenvalue weighted by atomic mass is 32.2. The van der Waals surface area contributed by atoms with E-state index in [9.17, 15) is 37.3 Å². The minimum absolute atomic E-state index is 0.00474. The minimum Gasteiger partial charge on any atom is -0.481 e. The van der Waals surface area contributed by atoms with Gasteiger partial charge in [0.15, 0.2) is 5.82 Å². The lowest BCUT2D eigenvalue weighted by molar-refractivity contribution is -0.178. The van der Waals surface area contributed by atoms with Crippen molar-refractivity contribution >= 4 is 39.7 Å². The summed E-state index contributed by atoms with van der Waals surface area (Å²) in [7, 11) is -4.68. The highest BCUT2D eigenvalue weighted by Gasteiger charge is 2.54. The van der Waals surface area contributed by atoms with Gasteiger partial charge in [-0.05, 0) is 42.7 Å². The largest absolute Gasteiger partial charge is 0.481 e. The van der Waals surface area contributed by atoms with E-state index in [2.05, 4.69) is 10.3 Å². The molecule has 1 aliphatic heterocycles. The van der Waals surface area contributed by atoms with Gasteiger partial charge in [-0.3, -0.25) is 23.8 Å². The van der Waals surface area contributed by atoms with E-state index in [1.54, 1.807) is 0 Å². The van der Waals surface area contributed by atoms with Crippen LogP contribution in [-0.4, -0.2) is 73.7 Å². The molecule has 0 spiro atoms. The maximum Gasteiger partial charge on any atom is 0.370 e. The molecule has 3 aromatic rings. The summed E-state index contributed by atoms with van der Waals surface area (Å²) in [6.45, 7) is 2.16. The molecule has 15 heteroatoms. The van der Waals surface area contributed by atoms with Crippen molar-refractivity contribution in [1.82, 2.24) is 14.5 Å². The zero-order chi connectivity index (χ0) is 33.5. The van der Waals surface area contributed by atoms with Crippen LogP contribution in [0.15, 0.2) is 66.0 Å². The third kappa shape index (κ3) is 7.90. The van der Waals surface area contributed by atoms with Crippen LogP contribution in [0, 0.1) is 0 Å². The van der Waals surface area contributed by atoms with Crippen LogP contribution >= 0.6 is 0 Å². The van der Waals surface area contributed by atoms with E-state index < -0.39 is 50.5 Å². The summed E-state index contributed by atoms with van der Waals surface area (Å²) in [4.78, 5) is 55.7. The molecular formula is C31H36N4O10S. The van der Waals surface area contributed by atoms with E-state index in [4.69, 9.17) is 9.84 Å². The fourth-order valence-electron chi connectivity index (χ4n) is 5.48. The second-order valence-corrected chi connectivity index (χ2v) is 12.4. The maximum absolute atomic E-state index is 14.2. The van der Waals surface area contributed by atoms with Crippen molar-refractivity contribution in [1.29, 1.82) is 0 Å². The molecule has 1 aliphatic rings. The van der Waals surface area contributed by atoms with Crippen molar-refractivity contribution in [3.05, 3.63) is 72.2 Å². The number of carbonyl (C=O) groups is 4. The smallest absolute Gasteiger partial charge is 0.370 e. The van der Waals surface area contributed by atoms with Crippen molar-refractivity contribution in [3.63, 3.8) is 0 Å². The Labute approximate surface area is 265 Å². The van der Waals surface area contributed by atoms with Crippen LogP contribution in [0.2, 0.25) is 0 Å². The van der Waals surface area contributed by atoms with Gasteiger partial charge in [0.05, 0.1) is 18.3 Å². The highest BCUT2D eigenvalue weighted by Crippen LogP contribution is 2.36. The molecule has 2 aromatic carbocycles. The Morgan fingerprint density at radius 2 is 1.76 bits per heavy atom. The topological polar surface area (TPSA) is 205 Å². The Bertz CT molecular complexity index is 1690. The predicted octanol–water partition coefficient (Wildman–Crippen LogP) is 4.00. The third-order valence-electron chi connectivity index (χ3n) is 7.73. The summed E-state index contributed by atoms with van der Waals surface area (Å²) in [5.74, 6) is -3.58. The second-order valence-electron chi connectivity index (χ2n) is 11.0. The van der Waals surface area contributed by atoms with Crippen LogP contribution in [0.4, 0.5) is 5.82 Å². The minimum atomic E-state index is -4.68. The molecule has 0 unspecified atom stereocenters. The van der Waals surface area contributed by atoms with Crippen molar-refractivity contribution in [2.75, 3.05) is 11.9 Å². The van der Waals surface area contributed by atoms with Crippen molar-refractivity contribution in [2.45, 2.75) is 75.0 Å². The van der Waals surface area contributed by atoms with Crippen LogP contribution in [0.3, 0.4) is 0 Å². The first kappa shape index (κ1) is 34.1. The first-order valence-electron chi connectivity index (χ1n) is 14.8. The zero-order valence-electron chi connectivity index (χ0n) is 25.2. The van der Waals surface area contributed by atoms with Gasteiger partial charge < -0.3 is 24.8 Å². The number of rotatable bonds is 15. The predicted molar refractivity (Wildman–Crippen MR) is 164 cm³/mol. The Morgan fingerprint density at radius 3 is 2.41 bits per heavy atom. The number of nitrogens with one attached hydrogen (secondary N) is 1. The number of aromatic nitrogens is 2. The third-order valence-corrected chi connectivity index (χ3v) is 8.64. The molecule has 2 atom stereocenters. The molecule has 14 nitrogen and oxygen atoms in total. The summed E-state index contributed by atoms with van der Waals surface area (Å²) in [5, 5.41) is 21.9. The first-order valence-corrected chi connectivity index (χ1v) is 16.3. The molecule has 4 rings (SSSR count). The first-order chi connectivity index (χ1) is 21.9. The lowest BCUT2D eigenvalue weighted by Crippen LogP contribution is -2.58. The number of carboxylic acids is 2. The zero-order valence-corrected chi connectivity index (χ0v) is 26.0. The SMILES string of the molecule is CCCCCC[C@H](C(=O)N1CCC[C@]1(Oc1ccc(CC(=O)O)cc1)C(=O)O)n1cnc(NC(=O)c2ccccc2S(=O)(=O)O)c1. The van der Waals surface area contributed by atoms with E-state index in [0.717, 1.165) is 25.3 Å². The molecule has 1 aromatic heterocycles. The fraction of sp³-hybridized carbons (Fsp3) is 0.387. The number of ether oxygens (including phenoxy) is 1. The van der Waals surface area contributed by atoms with Crippen molar-refractivity contribution < 1.29 is 47.1 Å². The number of unbranched alkanes of at least 4 members (excludes halogenated alkanes) is 3. The molecule has 4 N–H and O–H groups in total. The van der Waals surface area contributed by atoms with E-state index in [1.165, 1.54) is 64.5 Å². The van der Waals surface area contributed by atoms with E-state index >= 15 is 0 Å². The molecule has 0 radical (unpaired) electrons. The van der Waals surface area contributed by atoms with E-state index in [0.29, 0.717) is 24.8 Å². The number of amides is 2. The summed E-state index contributed by atoms with van der Waals surface area (Å²) in [5.41, 5.74) is -1.81. The molecule has 46 heavy (non-hydrogen) atoms. The number of nitrogens with zero attached hydrogens (tertiary/aromatic N) is 3. The van der Waals surface area contributed by atoms with Crippen LogP contribution in [0.25, 0.3) is 0 Å². The van der Waals surface area contributed by atoms with Gasteiger partial charge in [-0.2, -0.15) is 8.42 Å². The molecule has 246 valence electrons. The number of carboxylic acid groups (broad SMARTS) is 2. The Balaban J connectivity index is 1.60. The number of imidazole rings is 1. The van der Waals surface area contributed by atoms with Gasteiger partial charge in [-0.15, -0.1) is 0 Å². The van der Waals surface area contributed by atoms with Gasteiger partial charge in [0.2, 0.25) is 5.91 Å². The average Bonchev–Trinajstić information content (AvgIpc) is 3.65. The quantitative estimate of drug-likeness (QED) is 0.136. The molecule has 2 amide bonds. The highest BCUT2D eigenvalue weighted by molar-refractivity contribution is 7.86. The molecule has 1 saturated heterocycles. The number of anilines is 1. The standard InChI is InChI=1S/C31H36N4O10S/c1-2-3-4-5-10-24(34-19-26(32-20-34)33-28(38)23-9-6-7-11-25(23)46(42,43)44)29(39)35-17-8-16-31(35,30(40)41)45-22-14-12-21(13-15-22)18-27(36)37/h6-7,9,11-15,19-20,24H,2-5,8,10,16-18H2,1H3,(H,33,38)(H,36,37)(H,40,41)(H,42,43,44)/t24-,31+/m1/s1. The number of hydrogen-bond acceptors (Lipinski definition) is 8. The monoisotopic (exact) mass is 656 g/mol. The number of benzene rings is 2. The number of hydrogen-bond donors (Lipinski definition) is 4. The average molecular weight is 657 g/mol. The van der Waals surface area contributed by atoms with Gasteiger partial charge in [0, 0.05) is 19.2 Å². The molecule has 0 aliphatic carbocycles. The fourth-order valence-corrected chi connectivity index (χ4v) is 6.17. The second kappa shape index (κ2) is 14.6. The lowest BCUT2D eigenvalue weighted by Gasteiger charge is -2.37. The van der Waals surface area contributed by atoms with Crippen LogP contribution in [-0.2, 0) is 30.9 Å². The van der Waals surface area contributed by atoms with Crippen LogP contribution in [0.1, 0.15) is 73.8 Å². The summed E-state index contributed by atoms with van der Waals surface area (Å²) < 4.78 is 40.5. The van der Waals surface area contributed by atoms with Crippen molar-refractivity contribution in [2.24, 2.45) is 0 Å². The molecule has 2 heterocycles.